The number of aromatic nitrogens is 1. The van der Waals surface area contributed by atoms with Gasteiger partial charge in [0.25, 0.3) is 0 Å². The largest absolute Gasteiger partial charge is 0.496 e. The van der Waals surface area contributed by atoms with E-state index in [4.69, 9.17) is 23.7 Å². The summed E-state index contributed by atoms with van der Waals surface area (Å²) in [7, 11) is 6.01. The maximum absolute atomic E-state index is 12.7. The second kappa shape index (κ2) is 10.2. The predicted molar refractivity (Wildman–Crippen MR) is 111 cm³/mol. The van der Waals surface area contributed by atoms with Crippen molar-refractivity contribution >= 4 is 11.8 Å². The van der Waals surface area contributed by atoms with Gasteiger partial charge in [-0.1, -0.05) is 0 Å². The fraction of sp³-hybridized carbons (Fsp3) is 0.455. The van der Waals surface area contributed by atoms with Gasteiger partial charge in [0.05, 0.1) is 34.0 Å². The van der Waals surface area contributed by atoms with Gasteiger partial charge < -0.3 is 28.3 Å². The molecule has 2 aromatic rings. The summed E-state index contributed by atoms with van der Waals surface area (Å²) in [5.41, 5.74) is 2.40. The molecule has 0 saturated heterocycles. The Hall–Kier alpha value is -3.00. The summed E-state index contributed by atoms with van der Waals surface area (Å²) in [5, 5.41) is 0. The van der Waals surface area contributed by atoms with Crippen LogP contribution in [0.1, 0.15) is 45.1 Å². The lowest BCUT2D eigenvalue weighted by molar-refractivity contribution is 0.0471. The highest BCUT2D eigenvalue weighted by Crippen LogP contribution is 2.35. The van der Waals surface area contributed by atoms with E-state index in [1.165, 1.54) is 33.5 Å². The Morgan fingerprint density at radius 2 is 1.50 bits per heavy atom. The first-order valence-electron chi connectivity index (χ1n) is 9.46. The Morgan fingerprint density at radius 1 is 0.900 bits per heavy atom. The standard InChI is InChI=1S/C22H29NO7/c1-13-8-16(15(3)23(13)14(2)11-26-4)18(24)12-30-22(25)17-9-20(28-6)21(29-7)10-19(17)27-5/h8-10,14H,11-12H2,1-7H3. The molecule has 0 N–H and O–H groups in total. The minimum atomic E-state index is -0.692. The number of hydrogen-bond acceptors (Lipinski definition) is 7. The number of hydrogen-bond donors (Lipinski definition) is 0. The fourth-order valence-corrected chi connectivity index (χ4v) is 3.53. The normalized spacial score (nSPS) is 11.7. The Labute approximate surface area is 176 Å². The molecule has 8 nitrogen and oxygen atoms in total. The van der Waals surface area contributed by atoms with Crippen LogP contribution in [-0.4, -0.2) is 58.0 Å². The summed E-state index contributed by atoms with van der Waals surface area (Å²) in [5.74, 6) is 0.0537. The van der Waals surface area contributed by atoms with Crippen molar-refractivity contribution in [2.75, 3.05) is 41.7 Å². The third-order valence-corrected chi connectivity index (χ3v) is 4.89. The number of benzene rings is 1. The van der Waals surface area contributed by atoms with E-state index < -0.39 is 5.97 Å². The molecule has 0 amide bonds. The maximum atomic E-state index is 12.7. The van der Waals surface area contributed by atoms with Gasteiger partial charge in [0.2, 0.25) is 5.78 Å². The molecule has 2 rings (SSSR count). The van der Waals surface area contributed by atoms with Gasteiger partial charge in [0.15, 0.2) is 18.1 Å². The van der Waals surface area contributed by atoms with Crippen LogP contribution < -0.4 is 14.2 Å². The molecule has 0 spiro atoms. The minimum absolute atomic E-state index is 0.0788. The highest BCUT2D eigenvalue weighted by atomic mass is 16.5. The van der Waals surface area contributed by atoms with Crippen molar-refractivity contribution in [1.29, 1.82) is 0 Å². The molecular weight excluding hydrogens is 390 g/mol. The molecule has 1 heterocycles. The zero-order chi connectivity index (χ0) is 22.4. The van der Waals surface area contributed by atoms with Crippen LogP contribution in [0, 0.1) is 13.8 Å². The number of carbonyl (C=O) groups is 2. The van der Waals surface area contributed by atoms with Gasteiger partial charge in [0, 0.05) is 36.2 Å². The van der Waals surface area contributed by atoms with Crippen LogP contribution in [0.5, 0.6) is 17.2 Å². The monoisotopic (exact) mass is 419 g/mol. The van der Waals surface area contributed by atoms with E-state index in [1.54, 1.807) is 13.2 Å². The lowest BCUT2D eigenvalue weighted by atomic mass is 10.1. The Morgan fingerprint density at radius 3 is 2.07 bits per heavy atom. The zero-order valence-electron chi connectivity index (χ0n) is 18.5. The van der Waals surface area contributed by atoms with Gasteiger partial charge in [-0.25, -0.2) is 4.79 Å². The second-order valence-corrected chi connectivity index (χ2v) is 6.87. The van der Waals surface area contributed by atoms with E-state index in [1.807, 2.05) is 25.3 Å². The number of rotatable bonds is 10. The second-order valence-electron chi connectivity index (χ2n) is 6.87. The van der Waals surface area contributed by atoms with Gasteiger partial charge >= 0.3 is 5.97 Å². The Kier molecular flexibility index (Phi) is 7.88. The molecule has 0 aliphatic carbocycles. The number of methoxy groups -OCH3 is 4. The topological polar surface area (TPSA) is 85.2 Å². The van der Waals surface area contributed by atoms with Crippen LogP contribution in [0.4, 0.5) is 0 Å². The molecule has 0 saturated carbocycles. The van der Waals surface area contributed by atoms with Crippen LogP contribution in [-0.2, 0) is 9.47 Å². The summed E-state index contributed by atoms with van der Waals surface area (Å²) in [6.07, 6.45) is 0. The third-order valence-electron chi connectivity index (χ3n) is 4.89. The molecule has 0 radical (unpaired) electrons. The predicted octanol–water partition coefficient (Wildman–Crippen LogP) is 3.38. The molecule has 0 fully saturated rings. The molecule has 8 heteroatoms. The summed E-state index contributed by atoms with van der Waals surface area (Å²) < 4.78 is 28.2. The molecule has 1 aromatic heterocycles. The van der Waals surface area contributed by atoms with Crippen molar-refractivity contribution in [3.8, 4) is 17.2 Å². The molecule has 0 aliphatic rings. The average Bonchev–Trinajstić information content (AvgIpc) is 3.04. The number of ketones is 1. The van der Waals surface area contributed by atoms with Crippen molar-refractivity contribution in [2.45, 2.75) is 26.8 Å². The van der Waals surface area contributed by atoms with Gasteiger partial charge in [-0.2, -0.15) is 0 Å². The number of ether oxygens (including phenoxy) is 5. The van der Waals surface area contributed by atoms with Gasteiger partial charge in [-0.15, -0.1) is 0 Å². The third kappa shape index (κ3) is 4.76. The summed E-state index contributed by atoms with van der Waals surface area (Å²) in [4.78, 5) is 25.3. The molecule has 1 atom stereocenters. The van der Waals surface area contributed by atoms with Gasteiger partial charge in [0.1, 0.15) is 11.3 Å². The molecule has 1 unspecified atom stereocenters. The van der Waals surface area contributed by atoms with Crippen molar-refractivity contribution in [1.82, 2.24) is 4.57 Å². The van der Waals surface area contributed by atoms with Crippen LogP contribution >= 0.6 is 0 Å². The van der Waals surface area contributed by atoms with Crippen LogP contribution in [0.15, 0.2) is 18.2 Å². The molecule has 164 valence electrons. The smallest absolute Gasteiger partial charge is 0.342 e. The molecule has 0 bridgehead atoms. The first kappa shape index (κ1) is 23.3. The van der Waals surface area contributed by atoms with Crippen LogP contribution in [0.3, 0.4) is 0 Å². The minimum Gasteiger partial charge on any atom is -0.496 e. The number of Topliss-reactive ketones (excluding diaryl/α,β-unsaturated/α-hetero) is 1. The molecule has 0 aliphatic heterocycles. The first-order chi connectivity index (χ1) is 14.3. The molecule has 1 aromatic carbocycles. The van der Waals surface area contributed by atoms with Crippen molar-refractivity contribution in [3.05, 3.63) is 40.7 Å². The lowest BCUT2D eigenvalue weighted by Gasteiger charge is -2.17. The number of aryl methyl sites for hydroxylation is 1. The van der Waals surface area contributed by atoms with Gasteiger partial charge in [-0.3, -0.25) is 4.79 Å². The number of nitrogens with zero attached hydrogens (tertiary/aromatic N) is 1. The van der Waals surface area contributed by atoms with E-state index in [0.29, 0.717) is 23.7 Å². The highest BCUT2D eigenvalue weighted by Gasteiger charge is 2.22. The zero-order valence-corrected chi connectivity index (χ0v) is 18.5. The number of esters is 1. The quantitative estimate of drug-likeness (QED) is 0.431. The first-order valence-corrected chi connectivity index (χ1v) is 9.46. The summed E-state index contributed by atoms with van der Waals surface area (Å²) >= 11 is 0. The van der Waals surface area contributed by atoms with E-state index in [9.17, 15) is 9.59 Å². The summed E-state index contributed by atoms with van der Waals surface area (Å²) in [6, 6.07) is 4.87. The Balaban J connectivity index is 2.19. The molecular formula is C22H29NO7. The van der Waals surface area contributed by atoms with Crippen molar-refractivity contribution in [3.63, 3.8) is 0 Å². The van der Waals surface area contributed by atoms with Crippen LogP contribution in [0.2, 0.25) is 0 Å². The number of carbonyl (C=O) groups excluding carboxylic acids is 2. The van der Waals surface area contributed by atoms with E-state index in [2.05, 4.69) is 0 Å². The van der Waals surface area contributed by atoms with Gasteiger partial charge in [-0.05, 0) is 26.8 Å². The Bertz CT molecular complexity index is 917. The lowest BCUT2D eigenvalue weighted by Crippen LogP contribution is -2.17. The fourth-order valence-electron chi connectivity index (χ4n) is 3.53. The average molecular weight is 419 g/mol. The van der Waals surface area contributed by atoms with E-state index in [-0.39, 0.29) is 29.7 Å². The van der Waals surface area contributed by atoms with Crippen molar-refractivity contribution < 1.29 is 33.3 Å². The van der Waals surface area contributed by atoms with E-state index >= 15 is 0 Å². The highest BCUT2D eigenvalue weighted by molar-refractivity contribution is 6.01. The van der Waals surface area contributed by atoms with Crippen molar-refractivity contribution in [2.24, 2.45) is 0 Å². The maximum Gasteiger partial charge on any atom is 0.342 e. The molecule has 30 heavy (non-hydrogen) atoms. The summed E-state index contributed by atoms with van der Waals surface area (Å²) in [6.45, 7) is 5.94. The van der Waals surface area contributed by atoms with E-state index in [0.717, 1.165) is 11.4 Å². The van der Waals surface area contributed by atoms with Crippen LogP contribution in [0.25, 0.3) is 0 Å². The SMILES string of the molecule is COCC(C)n1c(C)cc(C(=O)COC(=O)c2cc(OC)c(OC)cc2OC)c1C.